The lowest BCUT2D eigenvalue weighted by Gasteiger charge is -2.23. The van der Waals surface area contributed by atoms with E-state index in [1.54, 1.807) is 35.2 Å². The van der Waals surface area contributed by atoms with Gasteiger partial charge in [-0.1, -0.05) is 11.6 Å². The smallest absolute Gasteiger partial charge is 0.270 e. The topological polar surface area (TPSA) is 65.2 Å². The highest BCUT2D eigenvalue weighted by Crippen LogP contribution is 2.20. The molecule has 1 saturated heterocycles. The molecule has 0 atom stereocenters. The quantitative estimate of drug-likeness (QED) is 0.839. The molecule has 0 aliphatic carbocycles. The van der Waals surface area contributed by atoms with Gasteiger partial charge in [-0.2, -0.15) is 5.26 Å². The maximum atomic E-state index is 12.7. The molecule has 0 bridgehead atoms. The Morgan fingerprint density at radius 2 is 2.17 bits per heavy atom. The van der Waals surface area contributed by atoms with Gasteiger partial charge in [0.1, 0.15) is 17.6 Å². The van der Waals surface area contributed by atoms with Crippen molar-refractivity contribution in [2.45, 2.75) is 6.42 Å². The van der Waals surface area contributed by atoms with E-state index in [2.05, 4.69) is 16.0 Å². The summed E-state index contributed by atoms with van der Waals surface area (Å²) in [5.74, 6) is 0.670. The summed E-state index contributed by atoms with van der Waals surface area (Å²) in [5, 5.41) is 9.80. The van der Waals surface area contributed by atoms with Crippen molar-refractivity contribution in [2.24, 2.45) is 7.05 Å². The Bertz CT molecular complexity index is 795. The third-order valence-electron chi connectivity index (χ3n) is 4.18. The number of aryl methyl sites for hydroxylation is 1. The van der Waals surface area contributed by atoms with Crippen molar-refractivity contribution in [3.63, 3.8) is 0 Å². The third-order valence-corrected chi connectivity index (χ3v) is 4.39. The molecule has 0 saturated carbocycles. The first kappa shape index (κ1) is 16.3. The monoisotopic (exact) mass is 343 g/mol. The number of nitrogens with zero attached hydrogens (tertiary/aromatic N) is 5. The molecule has 2 aromatic rings. The molecule has 1 aliphatic rings. The van der Waals surface area contributed by atoms with Crippen LogP contribution in [0.15, 0.2) is 30.6 Å². The molecular weight excluding hydrogens is 326 g/mol. The Labute approximate surface area is 145 Å². The number of hydrogen-bond donors (Lipinski definition) is 0. The van der Waals surface area contributed by atoms with Crippen LogP contribution in [0.3, 0.4) is 0 Å². The number of carbonyl (C=O) groups excluding carboxylic acids is 1. The minimum Gasteiger partial charge on any atom is -0.354 e. The van der Waals surface area contributed by atoms with Gasteiger partial charge in [0.2, 0.25) is 0 Å². The van der Waals surface area contributed by atoms with Gasteiger partial charge in [-0.25, -0.2) is 4.98 Å². The molecule has 7 heteroatoms. The number of nitriles is 1. The van der Waals surface area contributed by atoms with Crippen LogP contribution in [-0.4, -0.2) is 46.5 Å². The number of pyridine rings is 1. The Kier molecular flexibility index (Phi) is 4.72. The molecule has 0 spiro atoms. The Hall–Kier alpha value is -2.52. The van der Waals surface area contributed by atoms with E-state index < -0.39 is 0 Å². The molecule has 1 aliphatic heterocycles. The van der Waals surface area contributed by atoms with Crippen LogP contribution in [0.4, 0.5) is 5.82 Å². The van der Waals surface area contributed by atoms with Crippen LogP contribution in [0, 0.1) is 11.3 Å². The van der Waals surface area contributed by atoms with Crippen molar-refractivity contribution in [3.05, 3.63) is 46.9 Å². The van der Waals surface area contributed by atoms with Gasteiger partial charge in [0.05, 0.1) is 10.6 Å². The van der Waals surface area contributed by atoms with Crippen molar-refractivity contribution < 1.29 is 4.79 Å². The third kappa shape index (κ3) is 3.22. The minimum absolute atomic E-state index is 0.0206. The summed E-state index contributed by atoms with van der Waals surface area (Å²) < 4.78 is 1.75. The molecular formula is C17H18ClN5O. The van der Waals surface area contributed by atoms with Crippen LogP contribution in [0.1, 0.15) is 22.5 Å². The Morgan fingerprint density at radius 1 is 1.33 bits per heavy atom. The first-order chi connectivity index (χ1) is 11.6. The highest BCUT2D eigenvalue weighted by Gasteiger charge is 2.23. The summed E-state index contributed by atoms with van der Waals surface area (Å²) in [6.07, 6.45) is 4.24. The molecule has 3 rings (SSSR count). The van der Waals surface area contributed by atoms with E-state index in [4.69, 9.17) is 11.6 Å². The van der Waals surface area contributed by atoms with E-state index in [0.717, 1.165) is 13.0 Å². The van der Waals surface area contributed by atoms with Crippen molar-refractivity contribution >= 4 is 23.3 Å². The van der Waals surface area contributed by atoms with Crippen LogP contribution in [0.2, 0.25) is 5.02 Å². The molecule has 24 heavy (non-hydrogen) atoms. The second kappa shape index (κ2) is 6.93. The Morgan fingerprint density at radius 3 is 2.88 bits per heavy atom. The SMILES string of the molecule is Cn1cc(Cl)cc1C(=O)N1CCCN(c2ncccc2C#N)CC1. The number of rotatable bonds is 2. The first-order valence-corrected chi connectivity index (χ1v) is 8.19. The average Bonchev–Trinajstić information content (AvgIpc) is 2.79. The van der Waals surface area contributed by atoms with E-state index in [-0.39, 0.29) is 5.91 Å². The largest absolute Gasteiger partial charge is 0.354 e. The number of amides is 1. The average molecular weight is 344 g/mol. The van der Waals surface area contributed by atoms with E-state index in [0.29, 0.717) is 41.7 Å². The van der Waals surface area contributed by atoms with E-state index >= 15 is 0 Å². The zero-order chi connectivity index (χ0) is 17.1. The molecule has 6 nitrogen and oxygen atoms in total. The summed E-state index contributed by atoms with van der Waals surface area (Å²) in [6.45, 7) is 2.68. The lowest BCUT2D eigenvalue weighted by atomic mass is 10.2. The maximum absolute atomic E-state index is 12.7. The summed E-state index contributed by atoms with van der Waals surface area (Å²) in [7, 11) is 1.82. The molecule has 1 fully saturated rings. The lowest BCUT2D eigenvalue weighted by molar-refractivity contribution is 0.0757. The fourth-order valence-corrected chi connectivity index (χ4v) is 3.22. The number of carbonyl (C=O) groups is 1. The predicted molar refractivity (Wildman–Crippen MR) is 92.1 cm³/mol. The molecule has 2 aromatic heterocycles. The number of halogens is 1. The number of hydrogen-bond acceptors (Lipinski definition) is 4. The van der Waals surface area contributed by atoms with Crippen LogP contribution in [0.5, 0.6) is 0 Å². The van der Waals surface area contributed by atoms with Gasteiger partial charge in [-0.15, -0.1) is 0 Å². The zero-order valence-electron chi connectivity index (χ0n) is 13.4. The second-order valence-electron chi connectivity index (χ2n) is 5.77. The molecule has 0 N–H and O–H groups in total. The van der Waals surface area contributed by atoms with Gasteiger partial charge in [0.15, 0.2) is 0 Å². The maximum Gasteiger partial charge on any atom is 0.270 e. The van der Waals surface area contributed by atoms with Gasteiger partial charge in [-0.05, 0) is 24.6 Å². The summed E-state index contributed by atoms with van der Waals surface area (Å²) in [4.78, 5) is 21.0. The zero-order valence-corrected chi connectivity index (χ0v) is 14.2. The lowest BCUT2D eigenvalue weighted by Crippen LogP contribution is -2.36. The molecule has 124 valence electrons. The van der Waals surface area contributed by atoms with Crippen LogP contribution < -0.4 is 4.90 Å². The first-order valence-electron chi connectivity index (χ1n) is 7.81. The van der Waals surface area contributed by atoms with Gasteiger partial charge >= 0.3 is 0 Å². The molecule has 3 heterocycles. The summed E-state index contributed by atoms with van der Waals surface area (Å²) in [5.41, 5.74) is 1.15. The second-order valence-corrected chi connectivity index (χ2v) is 6.21. The molecule has 1 amide bonds. The number of anilines is 1. The van der Waals surface area contributed by atoms with Crippen LogP contribution >= 0.6 is 11.6 Å². The number of aromatic nitrogens is 2. The van der Waals surface area contributed by atoms with Crippen molar-refractivity contribution in [1.82, 2.24) is 14.5 Å². The van der Waals surface area contributed by atoms with E-state index in [1.165, 1.54) is 0 Å². The molecule has 0 unspecified atom stereocenters. The normalized spacial score (nSPS) is 15.0. The van der Waals surface area contributed by atoms with E-state index in [9.17, 15) is 10.1 Å². The highest BCUT2D eigenvalue weighted by atomic mass is 35.5. The predicted octanol–water partition coefficient (Wildman–Crippen LogP) is 2.30. The standard InChI is InChI=1S/C17H18ClN5O/c1-21-12-14(18)10-15(21)17(24)23-7-3-6-22(8-9-23)16-13(11-19)4-2-5-20-16/h2,4-5,10,12H,3,6-9H2,1H3. The minimum atomic E-state index is -0.0206. The van der Waals surface area contributed by atoms with Crippen molar-refractivity contribution in [1.29, 1.82) is 5.26 Å². The van der Waals surface area contributed by atoms with Crippen molar-refractivity contribution in [3.8, 4) is 6.07 Å². The fourth-order valence-electron chi connectivity index (χ4n) is 2.97. The van der Waals surface area contributed by atoms with Crippen LogP contribution in [0.25, 0.3) is 0 Å². The van der Waals surface area contributed by atoms with Gasteiger partial charge < -0.3 is 14.4 Å². The summed E-state index contributed by atoms with van der Waals surface area (Å²) >= 11 is 5.98. The fraction of sp³-hybridized carbons (Fsp3) is 0.353. The highest BCUT2D eigenvalue weighted by molar-refractivity contribution is 6.31. The molecule has 0 radical (unpaired) electrons. The molecule has 0 aromatic carbocycles. The Balaban J connectivity index is 1.75. The van der Waals surface area contributed by atoms with Crippen molar-refractivity contribution in [2.75, 3.05) is 31.1 Å². The van der Waals surface area contributed by atoms with E-state index in [1.807, 2.05) is 11.9 Å². The summed E-state index contributed by atoms with van der Waals surface area (Å²) in [6, 6.07) is 7.40. The van der Waals surface area contributed by atoms with Gasteiger partial charge in [0, 0.05) is 45.6 Å². The van der Waals surface area contributed by atoms with Crippen LogP contribution in [-0.2, 0) is 7.05 Å². The van der Waals surface area contributed by atoms with Gasteiger partial charge in [-0.3, -0.25) is 4.79 Å². The van der Waals surface area contributed by atoms with Gasteiger partial charge in [0.25, 0.3) is 5.91 Å².